The third kappa shape index (κ3) is 3.71. The van der Waals surface area contributed by atoms with Crippen molar-refractivity contribution in [2.45, 2.75) is 19.5 Å². The Bertz CT molecular complexity index is 763. The molecule has 0 amide bonds. The van der Waals surface area contributed by atoms with E-state index in [1.807, 2.05) is 18.2 Å². The number of rotatable bonds is 5. The first-order chi connectivity index (χ1) is 11.5. The number of hydrogen-bond donors (Lipinski definition) is 2. The summed E-state index contributed by atoms with van der Waals surface area (Å²) in [6.07, 6.45) is 0. The van der Waals surface area contributed by atoms with Crippen molar-refractivity contribution >= 4 is 21.9 Å². The van der Waals surface area contributed by atoms with E-state index in [0.717, 1.165) is 27.1 Å². The monoisotopic (exact) mass is 391 g/mol. The Morgan fingerprint density at radius 1 is 1.25 bits per heavy atom. The molecular formula is C18H18BrNO4. The highest BCUT2D eigenvalue weighted by Crippen LogP contribution is 2.37. The van der Waals surface area contributed by atoms with Crippen molar-refractivity contribution in [3.8, 4) is 11.5 Å². The summed E-state index contributed by atoms with van der Waals surface area (Å²) in [6, 6.07) is 10.9. The average Bonchev–Trinajstić information content (AvgIpc) is 2.59. The molecule has 6 heteroatoms. The Morgan fingerprint density at radius 3 is 2.67 bits per heavy atom. The first-order valence-corrected chi connectivity index (χ1v) is 8.48. The van der Waals surface area contributed by atoms with Gasteiger partial charge in [0.15, 0.2) is 11.5 Å². The van der Waals surface area contributed by atoms with Crippen molar-refractivity contribution in [1.29, 1.82) is 0 Å². The van der Waals surface area contributed by atoms with Gasteiger partial charge in [-0.2, -0.15) is 0 Å². The van der Waals surface area contributed by atoms with Crippen LogP contribution in [0.4, 0.5) is 0 Å². The number of nitrogens with one attached hydrogen (secondary N) is 1. The van der Waals surface area contributed by atoms with E-state index in [9.17, 15) is 4.79 Å². The summed E-state index contributed by atoms with van der Waals surface area (Å²) >= 11 is 3.58. The SMILES string of the molecule is CC(NCc1cccc(C(=O)O)c1)c1cc2c(cc1Br)OCCO2. The van der Waals surface area contributed by atoms with E-state index in [4.69, 9.17) is 14.6 Å². The molecule has 24 heavy (non-hydrogen) atoms. The molecule has 0 saturated heterocycles. The Morgan fingerprint density at radius 2 is 1.96 bits per heavy atom. The Balaban J connectivity index is 1.72. The number of hydrogen-bond acceptors (Lipinski definition) is 4. The summed E-state index contributed by atoms with van der Waals surface area (Å²) in [5, 5.41) is 12.5. The van der Waals surface area contributed by atoms with Crippen molar-refractivity contribution in [2.75, 3.05) is 13.2 Å². The van der Waals surface area contributed by atoms with Crippen LogP contribution >= 0.6 is 15.9 Å². The van der Waals surface area contributed by atoms with Crippen LogP contribution in [0.15, 0.2) is 40.9 Å². The van der Waals surface area contributed by atoms with E-state index < -0.39 is 5.97 Å². The molecule has 0 fully saturated rings. The molecule has 2 N–H and O–H groups in total. The van der Waals surface area contributed by atoms with Gasteiger partial charge in [0.05, 0.1) is 5.56 Å². The van der Waals surface area contributed by atoms with Gasteiger partial charge < -0.3 is 19.9 Å². The summed E-state index contributed by atoms with van der Waals surface area (Å²) < 4.78 is 12.2. The Hall–Kier alpha value is -2.05. The predicted octanol–water partition coefficient (Wildman–Crippen LogP) is 3.77. The van der Waals surface area contributed by atoms with Gasteiger partial charge in [-0.25, -0.2) is 4.79 Å². The summed E-state index contributed by atoms with van der Waals surface area (Å²) in [5.41, 5.74) is 2.28. The van der Waals surface area contributed by atoms with Crippen LogP contribution in [0.3, 0.4) is 0 Å². The largest absolute Gasteiger partial charge is 0.486 e. The molecule has 0 radical (unpaired) electrons. The maximum absolute atomic E-state index is 11.0. The van der Waals surface area contributed by atoms with Crippen molar-refractivity contribution in [1.82, 2.24) is 5.32 Å². The molecule has 2 aromatic carbocycles. The highest BCUT2D eigenvalue weighted by molar-refractivity contribution is 9.10. The summed E-state index contributed by atoms with van der Waals surface area (Å²) in [7, 11) is 0. The molecule has 126 valence electrons. The van der Waals surface area contributed by atoms with Crippen LogP contribution in [0.1, 0.15) is 34.5 Å². The Labute approximate surface area is 148 Å². The maximum atomic E-state index is 11.0. The van der Waals surface area contributed by atoms with Crippen LogP contribution in [-0.2, 0) is 6.54 Å². The van der Waals surface area contributed by atoms with Gasteiger partial charge in [-0.15, -0.1) is 0 Å². The van der Waals surface area contributed by atoms with E-state index in [1.165, 1.54) is 0 Å². The first-order valence-electron chi connectivity index (χ1n) is 7.69. The number of carbonyl (C=O) groups is 1. The lowest BCUT2D eigenvalue weighted by Gasteiger charge is -2.22. The topological polar surface area (TPSA) is 67.8 Å². The predicted molar refractivity (Wildman–Crippen MR) is 93.8 cm³/mol. The van der Waals surface area contributed by atoms with E-state index >= 15 is 0 Å². The smallest absolute Gasteiger partial charge is 0.335 e. The van der Waals surface area contributed by atoms with Crippen LogP contribution in [-0.4, -0.2) is 24.3 Å². The third-order valence-electron chi connectivity index (χ3n) is 3.91. The molecule has 1 aliphatic heterocycles. The van der Waals surface area contributed by atoms with Gasteiger partial charge in [0, 0.05) is 17.1 Å². The third-order valence-corrected chi connectivity index (χ3v) is 4.60. The zero-order chi connectivity index (χ0) is 17.1. The second-order valence-corrected chi connectivity index (χ2v) is 6.48. The number of halogens is 1. The quantitative estimate of drug-likeness (QED) is 0.811. The zero-order valence-corrected chi connectivity index (χ0v) is 14.8. The minimum Gasteiger partial charge on any atom is -0.486 e. The molecular weight excluding hydrogens is 374 g/mol. The van der Waals surface area contributed by atoms with Crippen LogP contribution < -0.4 is 14.8 Å². The normalized spacial score (nSPS) is 14.2. The minimum atomic E-state index is -0.917. The molecule has 1 heterocycles. The highest BCUT2D eigenvalue weighted by Gasteiger charge is 2.18. The van der Waals surface area contributed by atoms with Crippen molar-refractivity contribution in [2.24, 2.45) is 0 Å². The van der Waals surface area contributed by atoms with Gasteiger partial charge in [0.1, 0.15) is 13.2 Å². The molecule has 0 spiro atoms. The van der Waals surface area contributed by atoms with Crippen molar-refractivity contribution < 1.29 is 19.4 Å². The van der Waals surface area contributed by atoms with Crippen LogP contribution in [0.2, 0.25) is 0 Å². The van der Waals surface area contributed by atoms with Gasteiger partial charge in [-0.05, 0) is 42.3 Å². The lowest BCUT2D eigenvalue weighted by molar-refractivity contribution is 0.0696. The highest BCUT2D eigenvalue weighted by atomic mass is 79.9. The fourth-order valence-electron chi connectivity index (χ4n) is 2.61. The Kier molecular flexibility index (Phi) is 5.06. The van der Waals surface area contributed by atoms with E-state index in [0.29, 0.717) is 25.3 Å². The van der Waals surface area contributed by atoms with Gasteiger partial charge in [-0.3, -0.25) is 0 Å². The molecule has 1 aliphatic rings. The number of carboxylic acids is 1. The lowest BCUT2D eigenvalue weighted by Crippen LogP contribution is -2.20. The molecule has 5 nitrogen and oxygen atoms in total. The summed E-state index contributed by atoms with van der Waals surface area (Å²) in [6.45, 7) is 3.74. The summed E-state index contributed by atoms with van der Waals surface area (Å²) in [4.78, 5) is 11.0. The fourth-order valence-corrected chi connectivity index (χ4v) is 3.27. The number of aromatic carboxylic acids is 1. The van der Waals surface area contributed by atoms with E-state index in [2.05, 4.69) is 28.2 Å². The fraction of sp³-hybridized carbons (Fsp3) is 0.278. The van der Waals surface area contributed by atoms with Gasteiger partial charge in [0.25, 0.3) is 0 Å². The molecule has 2 aromatic rings. The first kappa shape index (κ1) is 16.8. The van der Waals surface area contributed by atoms with Gasteiger partial charge in [0.2, 0.25) is 0 Å². The summed E-state index contributed by atoms with van der Waals surface area (Å²) in [5.74, 6) is 0.582. The van der Waals surface area contributed by atoms with Gasteiger partial charge >= 0.3 is 5.97 Å². The number of ether oxygens (including phenoxy) is 2. The van der Waals surface area contributed by atoms with Crippen molar-refractivity contribution in [3.63, 3.8) is 0 Å². The molecule has 0 aromatic heterocycles. The minimum absolute atomic E-state index is 0.0590. The second-order valence-electron chi connectivity index (χ2n) is 5.63. The number of carboxylic acid groups (broad SMARTS) is 1. The van der Waals surface area contributed by atoms with E-state index in [-0.39, 0.29) is 6.04 Å². The maximum Gasteiger partial charge on any atom is 0.335 e. The van der Waals surface area contributed by atoms with Gasteiger partial charge in [-0.1, -0.05) is 28.1 Å². The standard InChI is InChI=1S/C18H18BrNO4/c1-11(20-10-12-3-2-4-13(7-12)18(21)22)14-8-16-17(9-15(14)19)24-6-5-23-16/h2-4,7-9,11,20H,5-6,10H2,1H3,(H,21,22). The second kappa shape index (κ2) is 7.23. The molecule has 0 aliphatic carbocycles. The molecule has 3 rings (SSSR count). The van der Waals surface area contributed by atoms with Crippen LogP contribution in [0, 0.1) is 0 Å². The average molecular weight is 392 g/mol. The van der Waals surface area contributed by atoms with Crippen LogP contribution in [0.5, 0.6) is 11.5 Å². The lowest BCUT2D eigenvalue weighted by atomic mass is 10.1. The zero-order valence-electron chi connectivity index (χ0n) is 13.2. The molecule has 0 bridgehead atoms. The molecule has 0 saturated carbocycles. The molecule has 1 unspecified atom stereocenters. The number of fused-ring (bicyclic) bond motifs is 1. The number of benzene rings is 2. The van der Waals surface area contributed by atoms with Crippen LogP contribution in [0.25, 0.3) is 0 Å². The van der Waals surface area contributed by atoms with Crippen molar-refractivity contribution in [3.05, 3.63) is 57.6 Å². The molecule has 1 atom stereocenters. The van der Waals surface area contributed by atoms with E-state index in [1.54, 1.807) is 18.2 Å².